The Bertz CT molecular complexity index is 387. The van der Waals surface area contributed by atoms with E-state index < -0.39 is 0 Å². The molecule has 100 valence electrons. The van der Waals surface area contributed by atoms with Gasteiger partial charge in [-0.2, -0.15) is 0 Å². The van der Waals surface area contributed by atoms with E-state index in [-0.39, 0.29) is 0 Å². The first-order chi connectivity index (χ1) is 8.61. The van der Waals surface area contributed by atoms with Crippen LogP contribution in [0.4, 0.5) is 5.69 Å². The van der Waals surface area contributed by atoms with E-state index in [1.807, 2.05) is 0 Å². The van der Waals surface area contributed by atoms with E-state index in [1.54, 1.807) is 0 Å². The van der Waals surface area contributed by atoms with Crippen LogP contribution in [0.25, 0.3) is 0 Å². The van der Waals surface area contributed by atoms with Crippen LogP contribution in [-0.2, 0) is 0 Å². The fourth-order valence-corrected chi connectivity index (χ4v) is 2.97. The lowest BCUT2D eigenvalue weighted by Gasteiger charge is -2.34. The SMILES string of the molecule is CCC1CCN(c2ccc(C(C)C)cc2C)CC1. The molecule has 0 atom stereocenters. The predicted molar refractivity (Wildman–Crippen MR) is 80.5 cm³/mol. The maximum absolute atomic E-state index is 2.58. The zero-order valence-corrected chi connectivity index (χ0v) is 12.4. The molecule has 0 aromatic heterocycles. The van der Waals surface area contributed by atoms with Gasteiger partial charge < -0.3 is 4.90 Å². The lowest BCUT2D eigenvalue weighted by atomic mass is 9.93. The first kappa shape index (κ1) is 13.5. The Morgan fingerprint density at radius 3 is 2.39 bits per heavy atom. The fourth-order valence-electron chi connectivity index (χ4n) is 2.97. The highest BCUT2D eigenvalue weighted by Crippen LogP contribution is 2.29. The summed E-state index contributed by atoms with van der Waals surface area (Å²) in [4.78, 5) is 2.58. The lowest BCUT2D eigenvalue weighted by Crippen LogP contribution is -2.33. The summed E-state index contributed by atoms with van der Waals surface area (Å²) in [5.41, 5.74) is 4.35. The van der Waals surface area contributed by atoms with Gasteiger partial charge in [0, 0.05) is 18.8 Å². The number of nitrogens with zero attached hydrogens (tertiary/aromatic N) is 1. The van der Waals surface area contributed by atoms with Crippen LogP contribution in [0, 0.1) is 12.8 Å². The molecule has 0 aliphatic carbocycles. The summed E-state index contributed by atoms with van der Waals surface area (Å²) < 4.78 is 0. The maximum Gasteiger partial charge on any atom is 0.0396 e. The molecule has 0 spiro atoms. The number of benzene rings is 1. The molecule has 1 aliphatic heterocycles. The van der Waals surface area contributed by atoms with Crippen LogP contribution in [0.15, 0.2) is 18.2 Å². The molecular weight excluding hydrogens is 218 g/mol. The molecule has 0 amide bonds. The Labute approximate surface area is 112 Å². The van der Waals surface area contributed by atoms with Crippen LogP contribution in [-0.4, -0.2) is 13.1 Å². The summed E-state index contributed by atoms with van der Waals surface area (Å²) in [6, 6.07) is 7.00. The van der Waals surface area contributed by atoms with E-state index >= 15 is 0 Å². The first-order valence-corrected chi connectivity index (χ1v) is 7.47. The van der Waals surface area contributed by atoms with Crippen molar-refractivity contribution in [3.05, 3.63) is 29.3 Å². The Morgan fingerprint density at radius 1 is 1.22 bits per heavy atom. The number of aryl methyl sites for hydroxylation is 1. The van der Waals surface area contributed by atoms with Gasteiger partial charge in [0.25, 0.3) is 0 Å². The highest BCUT2D eigenvalue weighted by Gasteiger charge is 2.19. The average Bonchev–Trinajstić information content (AvgIpc) is 2.38. The monoisotopic (exact) mass is 245 g/mol. The third kappa shape index (κ3) is 2.88. The third-order valence-corrected chi connectivity index (χ3v) is 4.42. The Balaban J connectivity index is 2.10. The quantitative estimate of drug-likeness (QED) is 0.743. The van der Waals surface area contributed by atoms with Crippen molar-refractivity contribution < 1.29 is 0 Å². The largest absolute Gasteiger partial charge is 0.371 e. The molecule has 1 aromatic carbocycles. The molecule has 0 saturated carbocycles. The summed E-state index contributed by atoms with van der Waals surface area (Å²) in [6.45, 7) is 11.6. The van der Waals surface area contributed by atoms with Gasteiger partial charge >= 0.3 is 0 Å². The molecular formula is C17H27N. The summed E-state index contributed by atoms with van der Waals surface area (Å²) in [7, 11) is 0. The molecule has 18 heavy (non-hydrogen) atoms. The third-order valence-electron chi connectivity index (χ3n) is 4.42. The zero-order valence-electron chi connectivity index (χ0n) is 12.4. The smallest absolute Gasteiger partial charge is 0.0396 e. The van der Waals surface area contributed by atoms with Gasteiger partial charge in [-0.1, -0.05) is 39.3 Å². The van der Waals surface area contributed by atoms with Crippen molar-refractivity contribution in [2.45, 2.75) is 52.9 Å². The minimum absolute atomic E-state index is 0.628. The highest BCUT2D eigenvalue weighted by atomic mass is 15.1. The van der Waals surface area contributed by atoms with Gasteiger partial charge in [-0.3, -0.25) is 0 Å². The van der Waals surface area contributed by atoms with E-state index in [9.17, 15) is 0 Å². The van der Waals surface area contributed by atoms with Crippen molar-refractivity contribution in [1.82, 2.24) is 0 Å². The van der Waals surface area contributed by atoms with Gasteiger partial charge in [-0.05, 0) is 48.8 Å². The summed E-state index contributed by atoms with van der Waals surface area (Å²) in [5.74, 6) is 1.58. The number of hydrogen-bond acceptors (Lipinski definition) is 1. The molecule has 1 heteroatoms. The molecule has 1 saturated heterocycles. The van der Waals surface area contributed by atoms with Crippen LogP contribution in [0.1, 0.15) is 57.1 Å². The van der Waals surface area contributed by atoms with E-state index in [4.69, 9.17) is 0 Å². The van der Waals surface area contributed by atoms with Gasteiger partial charge in [0.15, 0.2) is 0 Å². The molecule has 1 heterocycles. The molecule has 0 unspecified atom stereocenters. The van der Waals surface area contributed by atoms with Crippen molar-refractivity contribution in [2.24, 2.45) is 5.92 Å². The Kier molecular flexibility index (Phi) is 4.31. The summed E-state index contributed by atoms with van der Waals surface area (Å²) in [5, 5.41) is 0. The zero-order chi connectivity index (χ0) is 13.1. The van der Waals surface area contributed by atoms with Crippen molar-refractivity contribution in [3.63, 3.8) is 0 Å². The number of hydrogen-bond donors (Lipinski definition) is 0. The standard InChI is InChI=1S/C17H27N/c1-5-15-8-10-18(11-9-15)17-7-6-16(13(2)3)12-14(17)4/h6-7,12-13,15H,5,8-11H2,1-4H3. The van der Waals surface area contributed by atoms with Crippen LogP contribution in [0.2, 0.25) is 0 Å². The molecule has 1 aliphatic rings. The average molecular weight is 245 g/mol. The van der Waals surface area contributed by atoms with Crippen LogP contribution < -0.4 is 4.90 Å². The minimum atomic E-state index is 0.628. The molecule has 2 rings (SSSR count). The van der Waals surface area contributed by atoms with Gasteiger partial charge in [-0.15, -0.1) is 0 Å². The first-order valence-electron chi connectivity index (χ1n) is 7.47. The van der Waals surface area contributed by atoms with Crippen LogP contribution in [0.3, 0.4) is 0 Å². The second kappa shape index (κ2) is 5.77. The van der Waals surface area contributed by atoms with Gasteiger partial charge in [0.1, 0.15) is 0 Å². The van der Waals surface area contributed by atoms with E-state index in [0.29, 0.717) is 5.92 Å². The Hall–Kier alpha value is -0.980. The van der Waals surface area contributed by atoms with Crippen LogP contribution >= 0.6 is 0 Å². The summed E-state index contributed by atoms with van der Waals surface area (Å²) in [6.07, 6.45) is 4.07. The summed E-state index contributed by atoms with van der Waals surface area (Å²) >= 11 is 0. The van der Waals surface area contributed by atoms with Gasteiger partial charge in [0.2, 0.25) is 0 Å². The maximum atomic E-state index is 2.58. The Morgan fingerprint density at radius 2 is 1.89 bits per heavy atom. The second-order valence-electron chi connectivity index (χ2n) is 6.04. The normalized spacial score (nSPS) is 17.5. The topological polar surface area (TPSA) is 3.24 Å². The van der Waals surface area contributed by atoms with Gasteiger partial charge in [-0.25, -0.2) is 0 Å². The van der Waals surface area contributed by atoms with Crippen molar-refractivity contribution in [3.8, 4) is 0 Å². The minimum Gasteiger partial charge on any atom is -0.371 e. The second-order valence-corrected chi connectivity index (χ2v) is 6.04. The van der Waals surface area contributed by atoms with Crippen molar-refractivity contribution in [2.75, 3.05) is 18.0 Å². The predicted octanol–water partition coefficient (Wildman–Crippen LogP) is 4.74. The van der Waals surface area contributed by atoms with E-state index in [1.165, 1.54) is 49.2 Å². The lowest BCUT2D eigenvalue weighted by molar-refractivity contribution is 0.395. The molecule has 0 N–H and O–H groups in total. The number of rotatable bonds is 3. The number of piperidine rings is 1. The molecule has 1 aromatic rings. The molecule has 0 radical (unpaired) electrons. The fraction of sp³-hybridized carbons (Fsp3) is 0.647. The highest BCUT2D eigenvalue weighted by molar-refractivity contribution is 5.55. The van der Waals surface area contributed by atoms with Crippen molar-refractivity contribution >= 4 is 5.69 Å². The van der Waals surface area contributed by atoms with E-state index in [2.05, 4.69) is 50.8 Å². The number of anilines is 1. The van der Waals surface area contributed by atoms with Crippen LogP contribution in [0.5, 0.6) is 0 Å². The molecule has 0 bridgehead atoms. The molecule has 1 nitrogen and oxygen atoms in total. The van der Waals surface area contributed by atoms with Crippen molar-refractivity contribution in [1.29, 1.82) is 0 Å². The van der Waals surface area contributed by atoms with Gasteiger partial charge in [0.05, 0.1) is 0 Å². The molecule has 1 fully saturated rings. The van der Waals surface area contributed by atoms with E-state index in [0.717, 1.165) is 5.92 Å².